The van der Waals surface area contributed by atoms with Gasteiger partial charge in [-0.25, -0.2) is 0 Å². The Hall–Kier alpha value is -3.08. The van der Waals surface area contributed by atoms with Gasteiger partial charge >= 0.3 is 0 Å². The molecular formula is C38H32Br2O. The number of benzene rings is 4. The molecule has 3 heteroatoms. The molecule has 4 aromatic carbocycles. The first-order valence-corrected chi connectivity index (χ1v) is 16.0. The molecule has 0 aliphatic heterocycles. The van der Waals surface area contributed by atoms with E-state index in [-0.39, 0.29) is 0 Å². The molecule has 0 heterocycles. The van der Waals surface area contributed by atoms with E-state index in [9.17, 15) is 0 Å². The molecule has 2 unspecified atom stereocenters. The fraction of sp³-hybridized carbons (Fsp3) is 0.263. The molecule has 0 bridgehead atoms. The summed E-state index contributed by atoms with van der Waals surface area (Å²) in [6.07, 6.45) is 6.80. The topological polar surface area (TPSA) is 9.23 Å². The fourth-order valence-electron chi connectivity index (χ4n) is 5.92. The van der Waals surface area contributed by atoms with Crippen molar-refractivity contribution in [1.82, 2.24) is 0 Å². The van der Waals surface area contributed by atoms with Crippen LogP contribution in [0.3, 0.4) is 0 Å². The van der Waals surface area contributed by atoms with Crippen LogP contribution in [0.2, 0.25) is 0 Å². The number of hydrogen-bond donors (Lipinski definition) is 0. The zero-order valence-corrected chi connectivity index (χ0v) is 26.2. The molecule has 4 aromatic rings. The summed E-state index contributed by atoms with van der Waals surface area (Å²) in [7, 11) is 0. The summed E-state index contributed by atoms with van der Waals surface area (Å²) in [5.41, 5.74) is 10.1. The average Bonchev–Trinajstić information content (AvgIpc) is 2.99. The number of fused-ring (bicyclic) bond motifs is 2. The Morgan fingerprint density at radius 2 is 0.976 bits per heavy atom. The molecule has 0 N–H and O–H groups in total. The third-order valence-electron chi connectivity index (χ3n) is 8.13. The van der Waals surface area contributed by atoms with Crippen molar-refractivity contribution in [2.45, 2.75) is 38.5 Å². The molecule has 41 heavy (non-hydrogen) atoms. The second kappa shape index (κ2) is 13.3. The Morgan fingerprint density at radius 1 is 0.537 bits per heavy atom. The van der Waals surface area contributed by atoms with E-state index in [1.54, 1.807) is 0 Å². The van der Waals surface area contributed by atoms with Gasteiger partial charge in [0.05, 0.1) is 0 Å². The van der Waals surface area contributed by atoms with Crippen LogP contribution < -0.4 is 0 Å². The van der Waals surface area contributed by atoms with Crippen LogP contribution in [0.4, 0.5) is 0 Å². The Morgan fingerprint density at radius 3 is 1.41 bits per heavy atom. The van der Waals surface area contributed by atoms with Crippen LogP contribution >= 0.6 is 31.9 Å². The second-order valence-corrected chi connectivity index (χ2v) is 13.1. The number of hydrogen-bond acceptors (Lipinski definition) is 1. The summed E-state index contributed by atoms with van der Waals surface area (Å²) in [4.78, 5) is 0. The summed E-state index contributed by atoms with van der Waals surface area (Å²) in [5, 5.41) is 0. The fourth-order valence-corrected chi connectivity index (χ4v) is 6.72. The number of rotatable bonds is 4. The predicted molar refractivity (Wildman–Crippen MR) is 175 cm³/mol. The van der Waals surface area contributed by atoms with Gasteiger partial charge in [0.25, 0.3) is 0 Å². The minimum absolute atomic E-state index is 0.600. The summed E-state index contributed by atoms with van der Waals surface area (Å²) in [6.45, 7) is 1.72. The van der Waals surface area contributed by atoms with E-state index < -0.39 is 0 Å². The molecule has 0 saturated heterocycles. The van der Waals surface area contributed by atoms with Crippen LogP contribution in [-0.2, 0) is 30.4 Å². The summed E-state index contributed by atoms with van der Waals surface area (Å²) in [5.74, 6) is 14.5. The van der Waals surface area contributed by atoms with Gasteiger partial charge in [-0.1, -0.05) is 79.8 Å². The maximum Gasteiger partial charge on any atom is 0.0497 e. The highest BCUT2D eigenvalue weighted by atomic mass is 79.9. The van der Waals surface area contributed by atoms with Gasteiger partial charge in [0, 0.05) is 44.4 Å². The maximum absolute atomic E-state index is 6.33. The zero-order valence-electron chi connectivity index (χ0n) is 23.1. The van der Waals surface area contributed by atoms with Crippen LogP contribution in [0.1, 0.15) is 57.3 Å². The summed E-state index contributed by atoms with van der Waals surface area (Å²) < 4.78 is 8.45. The van der Waals surface area contributed by atoms with Crippen LogP contribution in [0, 0.1) is 35.5 Å². The zero-order chi connectivity index (χ0) is 28.0. The molecule has 0 aromatic heterocycles. The van der Waals surface area contributed by atoms with Gasteiger partial charge in [-0.15, -0.1) is 0 Å². The lowest BCUT2D eigenvalue weighted by atomic mass is 9.83. The van der Waals surface area contributed by atoms with Crippen molar-refractivity contribution in [3.63, 3.8) is 0 Å². The predicted octanol–water partition coefficient (Wildman–Crippen LogP) is 8.94. The third-order valence-corrected chi connectivity index (χ3v) is 9.12. The SMILES string of the molecule is Brc1cccc(C#Cc2ccc3c(c2)CCC(COCC2CCc4cc(C#Cc5cccc(Br)c5)ccc4C2)C3)c1. The minimum atomic E-state index is 0.600. The van der Waals surface area contributed by atoms with Crippen LogP contribution in [0.15, 0.2) is 93.9 Å². The monoisotopic (exact) mass is 662 g/mol. The lowest BCUT2D eigenvalue weighted by Crippen LogP contribution is -2.23. The summed E-state index contributed by atoms with van der Waals surface area (Å²) in [6, 6.07) is 29.8. The van der Waals surface area contributed by atoms with E-state index in [1.807, 2.05) is 36.4 Å². The smallest absolute Gasteiger partial charge is 0.0497 e. The Balaban J connectivity index is 0.982. The standard InChI is InChI=1S/C38H32Br2O/c39-37-5-1-3-27(23-37)7-9-29-11-15-35-21-31(13-17-33(35)19-29)25-41-26-32-14-18-34-20-30(12-16-36(34)22-32)10-8-28-4-2-6-38(40)24-28/h1-6,11-12,15-16,19-20,23-24,31-32H,13-14,17-18,21-22,25-26H2. The average molecular weight is 664 g/mol. The van der Waals surface area contributed by atoms with Crippen molar-refractivity contribution >= 4 is 31.9 Å². The molecule has 0 radical (unpaired) electrons. The van der Waals surface area contributed by atoms with Crippen molar-refractivity contribution < 1.29 is 4.74 Å². The molecule has 204 valence electrons. The molecule has 6 rings (SSSR count). The third kappa shape index (κ3) is 7.61. The highest BCUT2D eigenvalue weighted by Gasteiger charge is 2.22. The number of ether oxygens (including phenoxy) is 1. The van der Waals surface area contributed by atoms with Crippen LogP contribution in [0.5, 0.6) is 0 Å². The summed E-state index contributed by atoms with van der Waals surface area (Å²) >= 11 is 7.04. The first-order valence-electron chi connectivity index (χ1n) is 14.4. The van der Waals surface area contributed by atoms with E-state index in [1.165, 1.54) is 35.1 Å². The van der Waals surface area contributed by atoms with Gasteiger partial charge in [0.15, 0.2) is 0 Å². The number of aryl methyl sites for hydroxylation is 2. The largest absolute Gasteiger partial charge is 0.381 e. The van der Waals surface area contributed by atoms with Crippen molar-refractivity contribution in [3.8, 4) is 23.7 Å². The normalized spacial score (nSPS) is 17.3. The molecule has 0 saturated carbocycles. The van der Waals surface area contributed by atoms with E-state index in [4.69, 9.17) is 4.74 Å². The van der Waals surface area contributed by atoms with Crippen LogP contribution in [-0.4, -0.2) is 13.2 Å². The quantitative estimate of drug-likeness (QED) is 0.198. The number of halogens is 2. The van der Waals surface area contributed by atoms with Gasteiger partial charge in [-0.05, 0) is 133 Å². The van der Waals surface area contributed by atoms with E-state index in [0.717, 1.165) is 70.1 Å². The van der Waals surface area contributed by atoms with Gasteiger partial charge in [-0.2, -0.15) is 0 Å². The lowest BCUT2D eigenvalue weighted by molar-refractivity contribution is 0.0635. The Kier molecular flexibility index (Phi) is 9.08. The van der Waals surface area contributed by atoms with E-state index in [2.05, 4.69) is 104 Å². The highest BCUT2D eigenvalue weighted by molar-refractivity contribution is 9.10. The highest BCUT2D eigenvalue weighted by Crippen LogP contribution is 2.29. The van der Waals surface area contributed by atoms with Crippen LogP contribution in [0.25, 0.3) is 0 Å². The van der Waals surface area contributed by atoms with Gasteiger partial charge in [0.2, 0.25) is 0 Å². The van der Waals surface area contributed by atoms with Crippen molar-refractivity contribution in [3.05, 3.63) is 138 Å². The molecule has 0 fully saturated rings. The lowest BCUT2D eigenvalue weighted by Gasteiger charge is -2.27. The van der Waals surface area contributed by atoms with Crippen molar-refractivity contribution in [2.24, 2.45) is 11.8 Å². The van der Waals surface area contributed by atoms with Gasteiger partial charge < -0.3 is 4.74 Å². The van der Waals surface area contributed by atoms with Gasteiger partial charge in [-0.3, -0.25) is 0 Å². The molecule has 0 spiro atoms. The van der Waals surface area contributed by atoms with E-state index in [0.29, 0.717) is 11.8 Å². The molecule has 2 atom stereocenters. The Labute approximate surface area is 261 Å². The maximum atomic E-state index is 6.33. The minimum Gasteiger partial charge on any atom is -0.381 e. The first kappa shape index (κ1) is 28.1. The first-order chi connectivity index (χ1) is 20.1. The van der Waals surface area contributed by atoms with Crippen molar-refractivity contribution in [1.29, 1.82) is 0 Å². The van der Waals surface area contributed by atoms with Gasteiger partial charge in [0.1, 0.15) is 0 Å². The molecule has 2 aliphatic rings. The van der Waals surface area contributed by atoms with Crippen molar-refractivity contribution in [2.75, 3.05) is 13.2 Å². The molecule has 0 amide bonds. The molecule has 2 aliphatic carbocycles. The molecule has 1 nitrogen and oxygen atoms in total. The second-order valence-electron chi connectivity index (χ2n) is 11.2. The molecular weight excluding hydrogens is 632 g/mol. The van der Waals surface area contributed by atoms with E-state index >= 15 is 0 Å². The Bertz CT molecular complexity index is 1550.